The Morgan fingerprint density at radius 3 is 2.38 bits per heavy atom. The highest BCUT2D eigenvalue weighted by molar-refractivity contribution is 5.74. The van der Waals surface area contributed by atoms with Crippen LogP contribution < -0.4 is 5.32 Å². The van der Waals surface area contributed by atoms with Gasteiger partial charge in [0.2, 0.25) is 0 Å². The van der Waals surface area contributed by atoms with Gasteiger partial charge in [-0.1, -0.05) is 33.1 Å². The lowest BCUT2D eigenvalue weighted by atomic mass is 9.72. The van der Waals surface area contributed by atoms with Gasteiger partial charge in [0.1, 0.15) is 0 Å². The molecule has 5 nitrogen and oxygen atoms in total. The first-order valence-corrected chi connectivity index (χ1v) is 8.05. The summed E-state index contributed by atoms with van der Waals surface area (Å²) in [4.78, 5) is 24.9. The van der Waals surface area contributed by atoms with E-state index in [2.05, 4.69) is 19.2 Å². The first-order chi connectivity index (χ1) is 9.84. The molecule has 5 heteroatoms. The molecule has 0 unspecified atom stereocenters. The minimum absolute atomic E-state index is 0.0917. The van der Waals surface area contributed by atoms with Gasteiger partial charge >= 0.3 is 12.0 Å². The molecule has 0 saturated heterocycles. The van der Waals surface area contributed by atoms with Crippen LogP contribution in [0.5, 0.6) is 0 Å². The maximum Gasteiger partial charge on any atom is 0.317 e. The molecule has 0 heterocycles. The number of nitrogens with one attached hydrogen (secondary N) is 1. The van der Waals surface area contributed by atoms with Gasteiger partial charge in [-0.2, -0.15) is 0 Å². The molecular formula is C16H30N2O3. The van der Waals surface area contributed by atoms with Gasteiger partial charge in [0.25, 0.3) is 0 Å². The van der Waals surface area contributed by atoms with E-state index >= 15 is 0 Å². The molecule has 2 amide bonds. The van der Waals surface area contributed by atoms with Crippen LogP contribution >= 0.6 is 0 Å². The average molecular weight is 298 g/mol. The fraction of sp³-hybridized carbons (Fsp3) is 0.875. The highest BCUT2D eigenvalue weighted by Gasteiger charge is 2.34. The molecule has 0 aromatic rings. The first kappa shape index (κ1) is 17.8. The minimum Gasteiger partial charge on any atom is -0.481 e. The smallest absolute Gasteiger partial charge is 0.317 e. The van der Waals surface area contributed by atoms with Crippen molar-refractivity contribution in [1.82, 2.24) is 10.2 Å². The average Bonchev–Trinajstić information content (AvgIpc) is 2.42. The molecular weight excluding hydrogens is 268 g/mol. The van der Waals surface area contributed by atoms with E-state index in [1.54, 1.807) is 11.9 Å². The zero-order chi connectivity index (χ0) is 15.9. The van der Waals surface area contributed by atoms with Crippen molar-refractivity contribution in [2.75, 3.05) is 20.1 Å². The fourth-order valence-electron chi connectivity index (χ4n) is 2.99. The van der Waals surface area contributed by atoms with E-state index in [-0.39, 0.29) is 17.9 Å². The molecule has 122 valence electrons. The summed E-state index contributed by atoms with van der Waals surface area (Å²) in [5.74, 6) is -0.198. The molecule has 0 aromatic heterocycles. The Morgan fingerprint density at radius 1 is 1.24 bits per heavy atom. The Hall–Kier alpha value is -1.26. The largest absolute Gasteiger partial charge is 0.481 e. The molecule has 1 fully saturated rings. The standard InChI is InChI=1S/C16H30N2O3/c1-13(2)7-10-18(3)15(21)17-12-16(11-14(19)20)8-5-4-6-9-16/h13H,4-12H2,1-3H3,(H,17,21)(H,19,20). The van der Waals surface area contributed by atoms with Gasteiger partial charge in [0.15, 0.2) is 0 Å². The van der Waals surface area contributed by atoms with E-state index in [0.29, 0.717) is 12.5 Å². The van der Waals surface area contributed by atoms with Crippen LogP contribution in [0.25, 0.3) is 0 Å². The number of rotatable bonds is 7. The molecule has 0 bridgehead atoms. The van der Waals surface area contributed by atoms with Crippen molar-refractivity contribution in [3.8, 4) is 0 Å². The van der Waals surface area contributed by atoms with E-state index in [1.165, 1.54) is 6.42 Å². The van der Waals surface area contributed by atoms with E-state index in [4.69, 9.17) is 5.11 Å². The van der Waals surface area contributed by atoms with E-state index in [9.17, 15) is 9.59 Å². The van der Waals surface area contributed by atoms with Gasteiger partial charge in [0.05, 0.1) is 6.42 Å². The lowest BCUT2D eigenvalue weighted by Gasteiger charge is -2.36. The monoisotopic (exact) mass is 298 g/mol. The SMILES string of the molecule is CC(C)CCN(C)C(=O)NCC1(CC(=O)O)CCCCC1. The maximum absolute atomic E-state index is 12.1. The van der Waals surface area contributed by atoms with Gasteiger partial charge < -0.3 is 15.3 Å². The Balaban J connectivity index is 2.48. The molecule has 0 spiro atoms. The minimum atomic E-state index is -0.765. The van der Waals surface area contributed by atoms with Crippen LogP contribution in [-0.2, 0) is 4.79 Å². The van der Waals surface area contributed by atoms with Crippen molar-refractivity contribution < 1.29 is 14.7 Å². The first-order valence-electron chi connectivity index (χ1n) is 8.05. The number of carbonyl (C=O) groups is 2. The third-order valence-electron chi connectivity index (χ3n) is 4.44. The van der Waals surface area contributed by atoms with Crippen molar-refractivity contribution >= 4 is 12.0 Å². The van der Waals surface area contributed by atoms with Gasteiger partial charge in [-0.25, -0.2) is 4.79 Å². The number of carboxylic acid groups (broad SMARTS) is 1. The second-order valence-electron chi connectivity index (χ2n) is 6.89. The number of carboxylic acids is 1. The normalized spacial score (nSPS) is 17.5. The summed E-state index contributed by atoms with van der Waals surface area (Å²) in [6.07, 6.45) is 6.22. The van der Waals surface area contributed by atoms with Crippen LogP contribution in [0.4, 0.5) is 4.79 Å². The Morgan fingerprint density at radius 2 is 1.86 bits per heavy atom. The number of amides is 2. The van der Waals surface area contributed by atoms with Gasteiger partial charge in [-0.05, 0) is 30.6 Å². The zero-order valence-electron chi connectivity index (χ0n) is 13.7. The molecule has 2 N–H and O–H groups in total. The molecule has 0 aliphatic heterocycles. The van der Waals surface area contributed by atoms with Crippen molar-refractivity contribution in [3.63, 3.8) is 0 Å². The summed E-state index contributed by atoms with van der Waals surface area (Å²) in [5.41, 5.74) is -0.251. The molecule has 1 aliphatic carbocycles. The molecule has 1 aliphatic rings. The maximum atomic E-state index is 12.1. The molecule has 0 radical (unpaired) electrons. The van der Waals surface area contributed by atoms with Crippen LogP contribution in [0.15, 0.2) is 0 Å². The Bertz CT molecular complexity index is 349. The van der Waals surface area contributed by atoms with Gasteiger partial charge in [-0.15, -0.1) is 0 Å². The van der Waals surface area contributed by atoms with E-state index < -0.39 is 5.97 Å². The summed E-state index contributed by atoms with van der Waals surface area (Å²) < 4.78 is 0. The van der Waals surface area contributed by atoms with Crippen LogP contribution in [0.1, 0.15) is 58.8 Å². The van der Waals surface area contributed by atoms with Crippen molar-refractivity contribution in [1.29, 1.82) is 0 Å². The lowest BCUT2D eigenvalue weighted by molar-refractivity contribution is -0.140. The quantitative estimate of drug-likeness (QED) is 0.758. The molecule has 0 aromatic carbocycles. The van der Waals surface area contributed by atoms with Gasteiger partial charge in [0, 0.05) is 20.1 Å². The summed E-state index contributed by atoms with van der Waals surface area (Å²) in [7, 11) is 1.79. The summed E-state index contributed by atoms with van der Waals surface area (Å²) in [6, 6.07) is -0.0917. The van der Waals surface area contributed by atoms with E-state index in [1.807, 2.05) is 0 Å². The molecule has 21 heavy (non-hydrogen) atoms. The van der Waals surface area contributed by atoms with Gasteiger partial charge in [-0.3, -0.25) is 4.79 Å². The Labute approximate surface area is 128 Å². The third-order valence-corrected chi connectivity index (χ3v) is 4.44. The predicted octanol–water partition coefficient (Wildman–Crippen LogP) is 3.10. The topological polar surface area (TPSA) is 69.6 Å². The van der Waals surface area contributed by atoms with E-state index in [0.717, 1.165) is 38.6 Å². The molecule has 1 saturated carbocycles. The number of carbonyl (C=O) groups excluding carboxylic acids is 1. The highest BCUT2D eigenvalue weighted by atomic mass is 16.4. The second kappa shape index (κ2) is 8.25. The van der Waals surface area contributed by atoms with Crippen LogP contribution in [0.2, 0.25) is 0 Å². The van der Waals surface area contributed by atoms with Crippen LogP contribution in [0.3, 0.4) is 0 Å². The summed E-state index contributed by atoms with van der Waals surface area (Å²) in [5, 5.41) is 12.1. The van der Waals surface area contributed by atoms with Crippen molar-refractivity contribution in [3.05, 3.63) is 0 Å². The number of hydrogen-bond donors (Lipinski definition) is 2. The molecule has 0 atom stereocenters. The number of nitrogens with zero attached hydrogens (tertiary/aromatic N) is 1. The highest BCUT2D eigenvalue weighted by Crippen LogP contribution is 2.38. The predicted molar refractivity (Wildman–Crippen MR) is 83.3 cm³/mol. The summed E-state index contributed by atoms with van der Waals surface area (Å²) in [6.45, 7) is 5.48. The fourth-order valence-corrected chi connectivity index (χ4v) is 2.99. The number of urea groups is 1. The van der Waals surface area contributed by atoms with Crippen LogP contribution in [-0.4, -0.2) is 42.1 Å². The molecule has 1 rings (SSSR count). The van der Waals surface area contributed by atoms with Crippen LogP contribution in [0, 0.1) is 11.3 Å². The lowest BCUT2D eigenvalue weighted by Crippen LogP contribution is -2.45. The van der Waals surface area contributed by atoms with Crippen molar-refractivity contribution in [2.45, 2.75) is 58.8 Å². The van der Waals surface area contributed by atoms with Crippen molar-refractivity contribution in [2.24, 2.45) is 11.3 Å². The third kappa shape index (κ3) is 6.36. The summed E-state index contributed by atoms with van der Waals surface area (Å²) >= 11 is 0. The number of hydrogen-bond acceptors (Lipinski definition) is 2. The Kier molecular flexibility index (Phi) is 6.99. The number of aliphatic carboxylic acids is 1. The zero-order valence-corrected chi connectivity index (χ0v) is 13.7. The second-order valence-corrected chi connectivity index (χ2v) is 6.89.